The third kappa shape index (κ3) is 5.78. The molecule has 1 amide bonds. The second kappa shape index (κ2) is 9.53. The summed E-state index contributed by atoms with van der Waals surface area (Å²) in [6.45, 7) is 6.81. The summed E-state index contributed by atoms with van der Waals surface area (Å²) in [5, 5.41) is 0. The number of rotatable bonds is 5. The monoisotopic (exact) mass is 489 g/mol. The molecule has 0 bridgehead atoms. The van der Waals surface area contributed by atoms with Crippen LogP contribution in [0.3, 0.4) is 0 Å². The van der Waals surface area contributed by atoms with E-state index in [1.165, 1.54) is 6.33 Å². The highest BCUT2D eigenvalue weighted by molar-refractivity contribution is 5.79. The van der Waals surface area contributed by atoms with Gasteiger partial charge in [-0.05, 0) is 51.3 Å². The molecule has 4 rings (SSSR count). The second-order valence-electron chi connectivity index (χ2n) is 10.0. The zero-order chi connectivity index (χ0) is 25.3. The Morgan fingerprint density at radius 1 is 1.11 bits per heavy atom. The Morgan fingerprint density at radius 3 is 2.43 bits per heavy atom. The summed E-state index contributed by atoms with van der Waals surface area (Å²) in [5.74, 6) is 0. The number of benzene rings is 2. The normalized spacial score (nSPS) is 16.5. The molecular formula is C26H30F3N3O3. The van der Waals surface area contributed by atoms with E-state index in [2.05, 4.69) is 9.97 Å². The van der Waals surface area contributed by atoms with E-state index >= 15 is 0 Å². The van der Waals surface area contributed by atoms with Gasteiger partial charge in [0.1, 0.15) is 5.60 Å². The molecule has 0 unspecified atom stereocenters. The number of aromatic nitrogens is 2. The van der Waals surface area contributed by atoms with E-state index in [1.807, 2.05) is 51.1 Å². The number of hydrogen-bond acceptors (Lipinski definition) is 4. The first-order valence-corrected chi connectivity index (χ1v) is 11.6. The van der Waals surface area contributed by atoms with Crippen LogP contribution >= 0.6 is 0 Å². The molecule has 2 heterocycles. The minimum Gasteiger partial charge on any atom is -0.444 e. The lowest BCUT2D eigenvalue weighted by atomic mass is 9.73. The van der Waals surface area contributed by atoms with Gasteiger partial charge in [-0.15, -0.1) is 0 Å². The van der Waals surface area contributed by atoms with Crippen LogP contribution in [0.2, 0.25) is 0 Å². The van der Waals surface area contributed by atoms with Crippen LogP contribution in [-0.4, -0.2) is 46.3 Å². The molecule has 1 N–H and O–H groups in total. The van der Waals surface area contributed by atoms with E-state index in [1.54, 1.807) is 4.90 Å². The number of alkyl halides is 3. The summed E-state index contributed by atoms with van der Waals surface area (Å²) in [5.41, 5.74) is 0.566. The van der Waals surface area contributed by atoms with Crippen molar-refractivity contribution < 1.29 is 27.4 Å². The van der Waals surface area contributed by atoms with Gasteiger partial charge < -0.3 is 19.4 Å². The Hall–Kier alpha value is -3.07. The number of nitrogens with one attached hydrogen (secondary N) is 1. The fourth-order valence-corrected chi connectivity index (χ4v) is 4.51. The number of fused-ring (bicyclic) bond motifs is 1. The number of carbonyl (C=O) groups excluding carboxylic acids is 1. The highest BCUT2D eigenvalue weighted by Crippen LogP contribution is 2.37. The molecule has 2 aromatic carbocycles. The first-order valence-electron chi connectivity index (χ1n) is 11.6. The zero-order valence-corrected chi connectivity index (χ0v) is 20.1. The number of H-pyrrole nitrogens is 1. The number of imidazole rings is 1. The van der Waals surface area contributed by atoms with Gasteiger partial charge in [0.15, 0.2) is 0 Å². The molecule has 0 saturated carbocycles. The first-order chi connectivity index (χ1) is 16.5. The largest absolute Gasteiger partial charge is 0.444 e. The third-order valence-corrected chi connectivity index (χ3v) is 6.32. The van der Waals surface area contributed by atoms with Gasteiger partial charge >= 0.3 is 12.3 Å². The maximum absolute atomic E-state index is 13.4. The molecule has 9 heteroatoms. The number of likely N-dealkylation sites (tertiary alicyclic amines) is 1. The van der Waals surface area contributed by atoms with Gasteiger partial charge in [0, 0.05) is 24.1 Å². The molecule has 0 radical (unpaired) electrons. The van der Waals surface area contributed by atoms with Crippen LogP contribution in [0.25, 0.3) is 11.0 Å². The van der Waals surface area contributed by atoms with Crippen molar-refractivity contribution in [3.05, 3.63) is 65.5 Å². The molecule has 0 atom stereocenters. The minimum atomic E-state index is -4.46. The van der Waals surface area contributed by atoms with Crippen molar-refractivity contribution in [1.82, 2.24) is 14.9 Å². The predicted molar refractivity (Wildman–Crippen MR) is 126 cm³/mol. The topological polar surface area (TPSA) is 67.4 Å². The molecule has 1 fully saturated rings. The molecule has 0 aliphatic carbocycles. The molecule has 3 aromatic rings. The van der Waals surface area contributed by atoms with Gasteiger partial charge in [0.2, 0.25) is 0 Å². The standard InChI is InChI=1S/C26H30F3N3O3/c1-24(2,3)35-23(33)32-11-9-25(10-12-32,19-7-5-4-6-8-19)16-34-15-18-13-20(26(27,28)29)14-21-22(18)31-17-30-21/h4-8,13-14,17H,9-12,15-16H2,1-3H3,(H,30,31). The highest BCUT2D eigenvalue weighted by atomic mass is 19.4. The summed E-state index contributed by atoms with van der Waals surface area (Å²) in [6.07, 6.45) is -2.13. The molecule has 35 heavy (non-hydrogen) atoms. The number of piperidine rings is 1. The van der Waals surface area contributed by atoms with Crippen LogP contribution in [0.5, 0.6) is 0 Å². The van der Waals surface area contributed by atoms with Crippen LogP contribution in [0, 0.1) is 0 Å². The highest BCUT2D eigenvalue weighted by Gasteiger charge is 2.39. The van der Waals surface area contributed by atoms with E-state index in [0.29, 0.717) is 49.1 Å². The van der Waals surface area contributed by atoms with E-state index in [9.17, 15) is 18.0 Å². The van der Waals surface area contributed by atoms with Crippen molar-refractivity contribution >= 4 is 17.1 Å². The summed E-state index contributed by atoms with van der Waals surface area (Å²) >= 11 is 0. The van der Waals surface area contributed by atoms with Crippen LogP contribution in [0.4, 0.5) is 18.0 Å². The molecule has 1 aromatic heterocycles. The first kappa shape index (κ1) is 25.0. The van der Waals surface area contributed by atoms with Crippen LogP contribution < -0.4 is 0 Å². The molecule has 6 nitrogen and oxygen atoms in total. The molecule has 0 spiro atoms. The van der Waals surface area contributed by atoms with Crippen molar-refractivity contribution in [2.45, 2.75) is 57.4 Å². The van der Waals surface area contributed by atoms with Gasteiger partial charge in [-0.2, -0.15) is 13.2 Å². The number of nitrogens with zero attached hydrogens (tertiary/aromatic N) is 2. The molecule has 1 aliphatic rings. The second-order valence-corrected chi connectivity index (χ2v) is 10.0. The predicted octanol–water partition coefficient (Wildman–Crippen LogP) is 6.07. The van der Waals surface area contributed by atoms with Crippen molar-refractivity contribution in [3.8, 4) is 0 Å². The smallest absolute Gasteiger partial charge is 0.416 e. The van der Waals surface area contributed by atoms with Crippen molar-refractivity contribution in [1.29, 1.82) is 0 Å². The van der Waals surface area contributed by atoms with Gasteiger partial charge in [0.25, 0.3) is 0 Å². The Kier molecular flexibility index (Phi) is 6.81. The van der Waals surface area contributed by atoms with Crippen molar-refractivity contribution in [3.63, 3.8) is 0 Å². The lowest BCUT2D eigenvalue weighted by Gasteiger charge is -2.42. The number of ether oxygens (including phenoxy) is 2. The van der Waals surface area contributed by atoms with Gasteiger partial charge in [0.05, 0.1) is 36.1 Å². The molecule has 1 aliphatic heterocycles. The maximum atomic E-state index is 13.4. The Morgan fingerprint density at radius 2 is 1.80 bits per heavy atom. The van der Waals surface area contributed by atoms with Crippen LogP contribution in [0.1, 0.15) is 50.3 Å². The number of aromatic amines is 1. The lowest BCUT2D eigenvalue weighted by Crippen LogP contribution is -2.48. The fraction of sp³-hybridized carbons (Fsp3) is 0.462. The quantitative estimate of drug-likeness (QED) is 0.473. The average molecular weight is 490 g/mol. The lowest BCUT2D eigenvalue weighted by molar-refractivity contribution is -0.137. The van der Waals surface area contributed by atoms with E-state index < -0.39 is 17.3 Å². The third-order valence-electron chi connectivity index (χ3n) is 6.32. The van der Waals surface area contributed by atoms with E-state index in [0.717, 1.165) is 17.7 Å². The van der Waals surface area contributed by atoms with E-state index in [-0.39, 0.29) is 18.1 Å². The fourth-order valence-electron chi connectivity index (χ4n) is 4.51. The molecular weight excluding hydrogens is 459 g/mol. The molecule has 1 saturated heterocycles. The van der Waals surface area contributed by atoms with E-state index in [4.69, 9.17) is 9.47 Å². The number of amides is 1. The summed E-state index contributed by atoms with van der Waals surface area (Å²) < 4.78 is 51.8. The van der Waals surface area contributed by atoms with Crippen LogP contribution in [0.15, 0.2) is 48.8 Å². The number of carbonyl (C=O) groups is 1. The summed E-state index contributed by atoms with van der Waals surface area (Å²) in [6, 6.07) is 12.1. The Bertz CT molecular complexity index is 1160. The van der Waals surface area contributed by atoms with Gasteiger partial charge in [-0.3, -0.25) is 0 Å². The average Bonchev–Trinajstić information content (AvgIpc) is 3.27. The van der Waals surface area contributed by atoms with Gasteiger partial charge in [-0.1, -0.05) is 30.3 Å². The number of halogens is 3. The van der Waals surface area contributed by atoms with Crippen molar-refractivity contribution in [2.24, 2.45) is 0 Å². The zero-order valence-electron chi connectivity index (χ0n) is 20.1. The Balaban J connectivity index is 1.51. The number of hydrogen-bond donors (Lipinski definition) is 1. The molecule has 188 valence electrons. The van der Waals surface area contributed by atoms with Crippen LogP contribution in [-0.2, 0) is 27.7 Å². The Labute approximate surface area is 202 Å². The van der Waals surface area contributed by atoms with Gasteiger partial charge in [-0.25, -0.2) is 9.78 Å². The summed E-state index contributed by atoms with van der Waals surface area (Å²) in [7, 11) is 0. The summed E-state index contributed by atoms with van der Waals surface area (Å²) in [4.78, 5) is 21.2. The van der Waals surface area contributed by atoms with Crippen molar-refractivity contribution in [2.75, 3.05) is 19.7 Å². The maximum Gasteiger partial charge on any atom is 0.416 e. The minimum absolute atomic E-state index is 0.00433. The SMILES string of the molecule is CC(C)(C)OC(=O)N1CCC(COCc2cc(C(F)(F)F)cc3[nH]cnc23)(c2ccccc2)CC1.